The van der Waals surface area contributed by atoms with Gasteiger partial charge < -0.3 is 14.4 Å². The van der Waals surface area contributed by atoms with Gasteiger partial charge >= 0.3 is 5.97 Å². The van der Waals surface area contributed by atoms with Gasteiger partial charge in [-0.05, 0) is 47.2 Å². The number of hydrogen-bond donors (Lipinski definition) is 0. The second-order valence-electron chi connectivity index (χ2n) is 6.80. The molecule has 3 aromatic rings. The summed E-state index contributed by atoms with van der Waals surface area (Å²) in [7, 11) is 1.57. The lowest BCUT2D eigenvalue weighted by molar-refractivity contribution is -0.139. The Morgan fingerprint density at radius 3 is 2.45 bits per heavy atom. The third kappa shape index (κ3) is 3.76. The van der Waals surface area contributed by atoms with Crippen LogP contribution in [0.2, 0.25) is 0 Å². The van der Waals surface area contributed by atoms with Crippen LogP contribution in [-0.4, -0.2) is 25.5 Å². The van der Waals surface area contributed by atoms with E-state index < -0.39 is 29.4 Å². The molecule has 5 nitrogen and oxygen atoms in total. The van der Waals surface area contributed by atoms with E-state index in [1.165, 1.54) is 6.07 Å². The van der Waals surface area contributed by atoms with Crippen molar-refractivity contribution in [3.63, 3.8) is 0 Å². The molecule has 1 atom stereocenters. The first kappa shape index (κ1) is 18.9. The van der Waals surface area contributed by atoms with E-state index in [4.69, 9.17) is 9.47 Å². The summed E-state index contributed by atoms with van der Waals surface area (Å²) in [6.07, 6.45) is -0.100. The first-order chi connectivity index (χ1) is 13.9. The first-order valence-corrected chi connectivity index (χ1v) is 8.99. The normalized spacial score (nSPS) is 16.3. The Labute approximate surface area is 165 Å². The number of methoxy groups -OCH3 is 1. The van der Waals surface area contributed by atoms with Crippen molar-refractivity contribution in [2.45, 2.75) is 6.42 Å². The number of hydrogen-bond acceptors (Lipinski definition) is 4. The molecule has 0 saturated carbocycles. The zero-order valence-corrected chi connectivity index (χ0v) is 15.5. The minimum Gasteiger partial charge on any atom is -0.497 e. The number of esters is 1. The summed E-state index contributed by atoms with van der Waals surface area (Å²) >= 11 is 0. The van der Waals surface area contributed by atoms with Crippen LogP contribution in [0.5, 0.6) is 11.5 Å². The van der Waals surface area contributed by atoms with Gasteiger partial charge in [-0.15, -0.1) is 0 Å². The molecule has 4 rings (SSSR count). The number of benzene rings is 3. The van der Waals surface area contributed by atoms with Crippen molar-refractivity contribution in [1.29, 1.82) is 0 Å². The lowest BCUT2D eigenvalue weighted by atomic mass is 10.1. The second-order valence-corrected chi connectivity index (χ2v) is 6.80. The van der Waals surface area contributed by atoms with E-state index in [2.05, 4.69) is 0 Å². The third-order valence-corrected chi connectivity index (χ3v) is 4.90. The van der Waals surface area contributed by atoms with Gasteiger partial charge in [-0.2, -0.15) is 0 Å². The third-order valence-electron chi connectivity index (χ3n) is 4.90. The average Bonchev–Trinajstić information content (AvgIpc) is 3.09. The summed E-state index contributed by atoms with van der Waals surface area (Å²) in [5.74, 6) is -2.30. The number of fused-ring (bicyclic) bond motifs is 1. The van der Waals surface area contributed by atoms with Crippen LogP contribution in [0, 0.1) is 17.6 Å². The minimum absolute atomic E-state index is 0.0262. The molecule has 1 saturated heterocycles. The second kappa shape index (κ2) is 7.50. The molecule has 1 fully saturated rings. The lowest BCUT2D eigenvalue weighted by Gasteiger charge is -2.17. The SMILES string of the molecule is COc1ccc2ccc(OC(=O)C3CC(=O)N(c4ccc(F)cc4F)C3)cc2c1. The van der Waals surface area contributed by atoms with Crippen molar-refractivity contribution < 1.29 is 27.8 Å². The van der Waals surface area contributed by atoms with E-state index >= 15 is 0 Å². The van der Waals surface area contributed by atoms with Crippen LogP contribution >= 0.6 is 0 Å². The van der Waals surface area contributed by atoms with Gasteiger partial charge in [0.1, 0.15) is 23.1 Å². The van der Waals surface area contributed by atoms with Crippen LogP contribution in [0.25, 0.3) is 10.8 Å². The van der Waals surface area contributed by atoms with Gasteiger partial charge in [0.15, 0.2) is 0 Å². The smallest absolute Gasteiger partial charge is 0.316 e. The van der Waals surface area contributed by atoms with E-state index in [-0.39, 0.29) is 18.7 Å². The van der Waals surface area contributed by atoms with E-state index in [0.29, 0.717) is 17.6 Å². The number of anilines is 1. The predicted octanol–water partition coefficient (Wildman–Crippen LogP) is 4.09. The van der Waals surface area contributed by atoms with Crippen molar-refractivity contribution in [2.75, 3.05) is 18.6 Å². The molecule has 1 unspecified atom stereocenters. The lowest BCUT2D eigenvalue weighted by Crippen LogP contribution is -2.28. The summed E-state index contributed by atoms with van der Waals surface area (Å²) in [6.45, 7) is -0.0262. The molecule has 29 heavy (non-hydrogen) atoms. The summed E-state index contributed by atoms with van der Waals surface area (Å²) in [5, 5.41) is 1.80. The molecule has 7 heteroatoms. The molecule has 1 amide bonds. The van der Waals surface area contributed by atoms with Crippen LogP contribution in [0.15, 0.2) is 54.6 Å². The van der Waals surface area contributed by atoms with Crippen LogP contribution in [0.3, 0.4) is 0 Å². The molecule has 0 spiro atoms. The molecule has 0 aromatic heterocycles. The van der Waals surface area contributed by atoms with Crippen molar-refractivity contribution in [2.24, 2.45) is 5.92 Å². The fourth-order valence-corrected chi connectivity index (χ4v) is 3.39. The summed E-state index contributed by atoms with van der Waals surface area (Å²) in [4.78, 5) is 26.0. The summed E-state index contributed by atoms with van der Waals surface area (Å²) < 4.78 is 37.8. The van der Waals surface area contributed by atoms with Crippen LogP contribution < -0.4 is 14.4 Å². The van der Waals surface area contributed by atoms with Crippen LogP contribution in [0.4, 0.5) is 14.5 Å². The molecule has 0 radical (unpaired) electrons. The van der Waals surface area contributed by atoms with Crippen molar-refractivity contribution in [3.05, 3.63) is 66.2 Å². The van der Waals surface area contributed by atoms with Gasteiger partial charge in [0, 0.05) is 19.0 Å². The van der Waals surface area contributed by atoms with Gasteiger partial charge in [0.2, 0.25) is 5.91 Å². The van der Waals surface area contributed by atoms with Gasteiger partial charge in [0.25, 0.3) is 0 Å². The maximum absolute atomic E-state index is 14.0. The van der Waals surface area contributed by atoms with Crippen molar-refractivity contribution in [1.82, 2.24) is 0 Å². The Hall–Kier alpha value is -3.48. The van der Waals surface area contributed by atoms with Crippen LogP contribution in [0.1, 0.15) is 6.42 Å². The number of carbonyl (C=O) groups is 2. The number of ether oxygens (including phenoxy) is 2. The highest BCUT2D eigenvalue weighted by Crippen LogP contribution is 2.30. The Morgan fingerprint density at radius 2 is 1.72 bits per heavy atom. The minimum atomic E-state index is -0.851. The van der Waals surface area contributed by atoms with Crippen molar-refractivity contribution in [3.8, 4) is 11.5 Å². The van der Waals surface area contributed by atoms with Gasteiger partial charge in [-0.1, -0.05) is 12.1 Å². The fraction of sp³-hybridized carbons (Fsp3) is 0.182. The topological polar surface area (TPSA) is 55.8 Å². The van der Waals surface area contributed by atoms with Gasteiger partial charge in [-0.25, -0.2) is 8.78 Å². The van der Waals surface area contributed by atoms with E-state index in [9.17, 15) is 18.4 Å². The monoisotopic (exact) mass is 397 g/mol. The Balaban J connectivity index is 1.50. The fourth-order valence-electron chi connectivity index (χ4n) is 3.39. The van der Waals surface area contributed by atoms with Crippen LogP contribution in [-0.2, 0) is 9.59 Å². The molecule has 0 N–H and O–H groups in total. The molecular formula is C22H17F2NO4. The quantitative estimate of drug-likeness (QED) is 0.492. The van der Waals surface area contributed by atoms with Crippen molar-refractivity contribution >= 4 is 28.3 Å². The van der Waals surface area contributed by atoms with E-state index in [1.807, 2.05) is 24.3 Å². The molecular weight excluding hydrogens is 380 g/mol. The predicted molar refractivity (Wildman–Crippen MR) is 103 cm³/mol. The van der Waals surface area contributed by atoms with E-state index in [1.54, 1.807) is 19.2 Å². The number of rotatable bonds is 4. The molecule has 148 valence electrons. The zero-order valence-electron chi connectivity index (χ0n) is 15.5. The first-order valence-electron chi connectivity index (χ1n) is 8.99. The van der Waals surface area contributed by atoms with Gasteiger partial charge in [0.05, 0.1) is 18.7 Å². The maximum atomic E-state index is 14.0. The number of amides is 1. The number of nitrogens with zero attached hydrogens (tertiary/aromatic N) is 1. The Morgan fingerprint density at radius 1 is 1.00 bits per heavy atom. The maximum Gasteiger partial charge on any atom is 0.316 e. The highest BCUT2D eigenvalue weighted by molar-refractivity contribution is 6.00. The molecule has 0 aliphatic carbocycles. The molecule has 1 heterocycles. The standard InChI is InChI=1S/C22H17F2NO4/c1-28-17-5-2-13-3-6-18(9-14(13)8-17)29-22(27)15-10-21(26)25(12-15)20-7-4-16(23)11-19(20)24/h2-9,11,15H,10,12H2,1H3. The number of halogens is 2. The highest BCUT2D eigenvalue weighted by atomic mass is 19.1. The summed E-state index contributed by atoms with van der Waals surface area (Å²) in [6, 6.07) is 13.7. The molecule has 1 aliphatic heterocycles. The molecule has 1 aliphatic rings. The Bertz CT molecular complexity index is 1120. The highest BCUT2D eigenvalue weighted by Gasteiger charge is 2.37. The largest absolute Gasteiger partial charge is 0.497 e. The molecule has 3 aromatic carbocycles. The van der Waals surface area contributed by atoms with Gasteiger partial charge in [-0.3, -0.25) is 9.59 Å². The molecule has 0 bridgehead atoms. The average molecular weight is 397 g/mol. The Kier molecular flexibility index (Phi) is 4.88. The van der Waals surface area contributed by atoms with E-state index in [0.717, 1.165) is 21.7 Å². The zero-order chi connectivity index (χ0) is 20.5. The summed E-state index contributed by atoms with van der Waals surface area (Å²) in [5.41, 5.74) is -0.0514. The number of carbonyl (C=O) groups excluding carboxylic acids is 2.